The predicted molar refractivity (Wildman–Crippen MR) is 103 cm³/mol. The summed E-state index contributed by atoms with van der Waals surface area (Å²) in [5.74, 6) is -1.56. The van der Waals surface area contributed by atoms with Gasteiger partial charge in [0.2, 0.25) is 5.91 Å². The Bertz CT molecular complexity index is 867. The zero-order valence-electron chi connectivity index (χ0n) is 14.8. The van der Waals surface area contributed by atoms with Crippen molar-refractivity contribution in [3.05, 3.63) is 65.2 Å². The van der Waals surface area contributed by atoms with Gasteiger partial charge in [0.15, 0.2) is 0 Å². The minimum atomic E-state index is -1.00. The summed E-state index contributed by atoms with van der Waals surface area (Å²) in [4.78, 5) is 38.6. The molecule has 3 rings (SSSR count). The number of carboxylic acids is 1. The van der Waals surface area contributed by atoms with E-state index in [0.29, 0.717) is 12.1 Å². The van der Waals surface area contributed by atoms with Crippen LogP contribution in [0.5, 0.6) is 0 Å². The van der Waals surface area contributed by atoms with Crippen LogP contribution in [0.15, 0.2) is 53.4 Å². The molecule has 0 bridgehead atoms. The Morgan fingerprint density at radius 2 is 1.89 bits per heavy atom. The maximum atomic E-state index is 12.5. The molecule has 140 valence electrons. The van der Waals surface area contributed by atoms with E-state index < -0.39 is 12.0 Å². The van der Waals surface area contributed by atoms with E-state index in [9.17, 15) is 19.5 Å². The molecule has 1 atom stereocenters. The van der Waals surface area contributed by atoms with Crippen molar-refractivity contribution in [1.82, 2.24) is 10.2 Å². The molecule has 0 radical (unpaired) electrons. The third-order valence-electron chi connectivity index (χ3n) is 4.46. The topological polar surface area (TPSA) is 86.7 Å². The van der Waals surface area contributed by atoms with Crippen molar-refractivity contribution >= 4 is 29.5 Å². The van der Waals surface area contributed by atoms with Gasteiger partial charge >= 0.3 is 5.97 Å². The first-order valence-corrected chi connectivity index (χ1v) is 9.72. The molecule has 0 fully saturated rings. The van der Waals surface area contributed by atoms with Crippen LogP contribution in [0.3, 0.4) is 0 Å². The molecule has 2 aromatic rings. The molecule has 6 nitrogen and oxygen atoms in total. The third kappa shape index (κ3) is 4.49. The van der Waals surface area contributed by atoms with Gasteiger partial charge in [-0.05, 0) is 35.6 Å². The van der Waals surface area contributed by atoms with Gasteiger partial charge in [-0.2, -0.15) is 0 Å². The van der Waals surface area contributed by atoms with Crippen molar-refractivity contribution in [2.75, 3.05) is 12.8 Å². The summed E-state index contributed by atoms with van der Waals surface area (Å²) in [5.41, 5.74) is 2.23. The van der Waals surface area contributed by atoms with Crippen LogP contribution >= 0.6 is 11.8 Å². The van der Waals surface area contributed by atoms with E-state index in [0.717, 1.165) is 16.0 Å². The number of fused-ring (bicyclic) bond motifs is 1. The molecule has 0 saturated carbocycles. The molecule has 2 N–H and O–H groups in total. The maximum absolute atomic E-state index is 12.5. The summed E-state index contributed by atoms with van der Waals surface area (Å²) >= 11 is 1.58. The first kappa shape index (κ1) is 19.0. The number of nitrogens with zero attached hydrogens (tertiary/aromatic N) is 1. The number of nitrogens with one attached hydrogen (secondary N) is 1. The number of aliphatic carboxylic acids is 1. The lowest BCUT2D eigenvalue weighted by atomic mass is 10.0. The second kappa shape index (κ2) is 8.26. The van der Waals surface area contributed by atoms with E-state index in [1.807, 2.05) is 42.7 Å². The van der Waals surface area contributed by atoms with Gasteiger partial charge < -0.3 is 15.3 Å². The highest BCUT2D eigenvalue weighted by Crippen LogP contribution is 2.23. The van der Waals surface area contributed by atoms with Crippen LogP contribution in [0.25, 0.3) is 0 Å². The van der Waals surface area contributed by atoms with Crippen LogP contribution < -0.4 is 5.32 Å². The predicted octanol–water partition coefficient (Wildman–Crippen LogP) is 2.70. The lowest BCUT2D eigenvalue weighted by Gasteiger charge is -2.20. The number of hydrogen-bond acceptors (Lipinski definition) is 4. The molecule has 0 saturated heterocycles. The Labute approximate surface area is 161 Å². The molecule has 27 heavy (non-hydrogen) atoms. The molecule has 2 aromatic carbocycles. The van der Waals surface area contributed by atoms with Crippen molar-refractivity contribution in [2.45, 2.75) is 23.9 Å². The van der Waals surface area contributed by atoms with Gasteiger partial charge in [0.25, 0.3) is 5.91 Å². The van der Waals surface area contributed by atoms with Gasteiger partial charge in [0, 0.05) is 17.0 Å². The zero-order chi connectivity index (χ0) is 19.4. The lowest BCUT2D eigenvalue weighted by molar-refractivity contribution is -0.137. The summed E-state index contributed by atoms with van der Waals surface area (Å²) in [6.07, 6.45) is 1.73. The van der Waals surface area contributed by atoms with E-state index in [1.54, 1.807) is 23.9 Å². The fourth-order valence-corrected chi connectivity index (χ4v) is 3.53. The van der Waals surface area contributed by atoms with Crippen molar-refractivity contribution in [3.63, 3.8) is 0 Å². The van der Waals surface area contributed by atoms with Gasteiger partial charge in [-0.3, -0.25) is 14.4 Å². The van der Waals surface area contributed by atoms with Gasteiger partial charge in [0.05, 0.1) is 12.5 Å². The highest BCUT2D eigenvalue weighted by atomic mass is 32.2. The SMILES string of the molecule is CSc1ccc(C(CC(=O)O)NC(=O)CN2Cc3ccccc3C2=O)cc1. The summed E-state index contributed by atoms with van der Waals surface area (Å²) in [6, 6.07) is 14.0. The van der Waals surface area contributed by atoms with Crippen LogP contribution in [0, 0.1) is 0 Å². The van der Waals surface area contributed by atoms with Crippen LogP contribution in [0.1, 0.15) is 33.9 Å². The number of rotatable bonds is 7. The normalized spacial score (nSPS) is 14.0. The molecule has 0 spiro atoms. The lowest BCUT2D eigenvalue weighted by Crippen LogP contribution is -2.39. The monoisotopic (exact) mass is 384 g/mol. The van der Waals surface area contributed by atoms with Gasteiger partial charge in [-0.25, -0.2) is 0 Å². The molecular weight excluding hydrogens is 364 g/mol. The van der Waals surface area contributed by atoms with Gasteiger partial charge in [-0.1, -0.05) is 30.3 Å². The summed E-state index contributed by atoms with van der Waals surface area (Å²) in [5, 5.41) is 11.9. The largest absolute Gasteiger partial charge is 0.481 e. The Morgan fingerprint density at radius 3 is 2.52 bits per heavy atom. The van der Waals surface area contributed by atoms with Crippen LogP contribution in [-0.4, -0.2) is 40.6 Å². The van der Waals surface area contributed by atoms with Crippen LogP contribution in [0.2, 0.25) is 0 Å². The average molecular weight is 384 g/mol. The minimum Gasteiger partial charge on any atom is -0.481 e. The number of hydrogen-bond donors (Lipinski definition) is 2. The van der Waals surface area contributed by atoms with Gasteiger partial charge in [-0.15, -0.1) is 11.8 Å². The molecule has 1 aliphatic rings. The fraction of sp³-hybridized carbons (Fsp3) is 0.250. The first-order valence-electron chi connectivity index (χ1n) is 8.50. The number of carbonyl (C=O) groups excluding carboxylic acids is 2. The van der Waals surface area contributed by atoms with E-state index in [4.69, 9.17) is 0 Å². The number of benzene rings is 2. The first-order chi connectivity index (χ1) is 13.0. The molecule has 2 amide bonds. The zero-order valence-corrected chi connectivity index (χ0v) is 15.7. The van der Waals surface area contributed by atoms with E-state index in [2.05, 4.69) is 5.32 Å². The Kier molecular flexibility index (Phi) is 5.81. The molecule has 0 aromatic heterocycles. The number of thioether (sulfide) groups is 1. The maximum Gasteiger partial charge on any atom is 0.305 e. The summed E-state index contributed by atoms with van der Waals surface area (Å²) < 4.78 is 0. The number of carboxylic acid groups (broad SMARTS) is 1. The average Bonchev–Trinajstić information content (AvgIpc) is 2.97. The van der Waals surface area contributed by atoms with E-state index in [1.165, 1.54) is 4.90 Å². The highest BCUT2D eigenvalue weighted by Gasteiger charge is 2.29. The van der Waals surface area contributed by atoms with Crippen molar-refractivity contribution < 1.29 is 19.5 Å². The van der Waals surface area contributed by atoms with Crippen LogP contribution in [0.4, 0.5) is 0 Å². The third-order valence-corrected chi connectivity index (χ3v) is 5.21. The Balaban J connectivity index is 1.68. The summed E-state index contributed by atoms with van der Waals surface area (Å²) in [7, 11) is 0. The van der Waals surface area contributed by atoms with E-state index >= 15 is 0 Å². The quantitative estimate of drug-likeness (QED) is 0.717. The van der Waals surface area contributed by atoms with Crippen molar-refractivity contribution in [1.29, 1.82) is 0 Å². The smallest absolute Gasteiger partial charge is 0.305 e. The van der Waals surface area contributed by atoms with E-state index in [-0.39, 0.29) is 24.8 Å². The Morgan fingerprint density at radius 1 is 1.19 bits per heavy atom. The summed E-state index contributed by atoms with van der Waals surface area (Å²) in [6.45, 7) is 0.279. The Hall–Kier alpha value is -2.80. The van der Waals surface area contributed by atoms with Gasteiger partial charge in [0.1, 0.15) is 6.54 Å². The standard InChI is InChI=1S/C20H20N2O4S/c1-27-15-8-6-13(7-9-15)17(10-19(24)25)21-18(23)12-22-11-14-4-2-3-5-16(14)20(22)26/h2-9,17H,10-12H2,1H3,(H,21,23)(H,24,25). The fourth-order valence-electron chi connectivity index (χ4n) is 3.12. The van der Waals surface area contributed by atoms with Crippen molar-refractivity contribution in [2.24, 2.45) is 0 Å². The second-order valence-electron chi connectivity index (χ2n) is 6.31. The number of carbonyl (C=O) groups is 3. The molecule has 1 heterocycles. The van der Waals surface area contributed by atoms with Crippen LogP contribution in [-0.2, 0) is 16.1 Å². The van der Waals surface area contributed by atoms with Crippen molar-refractivity contribution in [3.8, 4) is 0 Å². The molecule has 1 aliphatic heterocycles. The highest BCUT2D eigenvalue weighted by molar-refractivity contribution is 7.98. The minimum absolute atomic E-state index is 0.105. The second-order valence-corrected chi connectivity index (χ2v) is 7.19. The molecule has 7 heteroatoms. The molecular formula is C20H20N2O4S. The molecule has 1 unspecified atom stereocenters. The molecule has 0 aliphatic carbocycles. The number of amides is 2.